The fourth-order valence-electron chi connectivity index (χ4n) is 1.35. The average Bonchev–Trinajstić information content (AvgIpc) is 2.17. The Balaban J connectivity index is 2.90. The highest BCUT2D eigenvalue weighted by Gasteiger charge is 2.22. The van der Waals surface area contributed by atoms with Gasteiger partial charge in [-0.05, 0) is 31.5 Å². The number of nitrogens with two attached hydrogens (primary N) is 1. The lowest BCUT2D eigenvalue weighted by Crippen LogP contribution is -2.43. The normalized spacial score (nSPS) is 11.2. The van der Waals surface area contributed by atoms with Gasteiger partial charge in [-0.25, -0.2) is 4.39 Å². The largest absolute Gasteiger partial charge is 0.346 e. The quantitative estimate of drug-likeness (QED) is 0.786. The molecule has 0 radical (unpaired) electrons. The van der Waals surface area contributed by atoms with E-state index in [2.05, 4.69) is 5.32 Å². The van der Waals surface area contributed by atoms with E-state index in [1.807, 2.05) is 0 Å². The van der Waals surface area contributed by atoms with Crippen LogP contribution in [0.2, 0.25) is 0 Å². The van der Waals surface area contributed by atoms with Crippen LogP contribution in [0.5, 0.6) is 0 Å². The van der Waals surface area contributed by atoms with Gasteiger partial charge >= 0.3 is 0 Å². The van der Waals surface area contributed by atoms with Gasteiger partial charge in [-0.3, -0.25) is 4.79 Å². The van der Waals surface area contributed by atoms with E-state index in [-0.39, 0.29) is 18.3 Å². The molecule has 0 heterocycles. The summed E-state index contributed by atoms with van der Waals surface area (Å²) in [7, 11) is 0. The third-order valence-electron chi connectivity index (χ3n) is 2.18. The lowest BCUT2D eigenvalue weighted by atomic mass is 9.94. The second-order valence-corrected chi connectivity index (χ2v) is 3.89. The van der Waals surface area contributed by atoms with Crippen LogP contribution < -0.4 is 11.1 Å². The summed E-state index contributed by atoms with van der Waals surface area (Å²) in [6, 6.07) is 6.14. The fraction of sp³-hybridized carbons (Fsp3) is 0.364. The summed E-state index contributed by atoms with van der Waals surface area (Å²) in [5, 5.41) is 2.72. The molecule has 0 spiro atoms. The van der Waals surface area contributed by atoms with Gasteiger partial charge in [-0.15, -0.1) is 0 Å². The number of carbonyl (C=O) groups excluding carboxylic acids is 1. The number of hydrogen-bond acceptors (Lipinski definition) is 2. The van der Waals surface area contributed by atoms with E-state index in [1.54, 1.807) is 26.0 Å². The highest BCUT2D eigenvalue weighted by Crippen LogP contribution is 2.20. The molecule has 1 aromatic carbocycles. The van der Waals surface area contributed by atoms with Gasteiger partial charge in [0.05, 0.1) is 12.1 Å². The SMILES string of the molecule is CC(C)(NC(=O)CN)c1cccc(F)c1. The molecule has 0 unspecified atom stereocenters. The predicted octanol–water partition coefficient (Wildman–Crippen LogP) is 1.14. The molecule has 0 bridgehead atoms. The third-order valence-corrected chi connectivity index (χ3v) is 2.18. The van der Waals surface area contributed by atoms with Crippen molar-refractivity contribution in [1.82, 2.24) is 5.32 Å². The lowest BCUT2D eigenvalue weighted by molar-refractivity contribution is -0.121. The molecular weight excluding hydrogens is 195 g/mol. The first kappa shape index (κ1) is 11.7. The van der Waals surface area contributed by atoms with E-state index in [9.17, 15) is 9.18 Å². The van der Waals surface area contributed by atoms with Crippen molar-refractivity contribution in [2.75, 3.05) is 6.54 Å². The summed E-state index contributed by atoms with van der Waals surface area (Å²) in [4.78, 5) is 11.2. The van der Waals surface area contributed by atoms with Crippen molar-refractivity contribution in [2.24, 2.45) is 5.73 Å². The van der Waals surface area contributed by atoms with Crippen molar-refractivity contribution in [1.29, 1.82) is 0 Å². The zero-order valence-electron chi connectivity index (χ0n) is 8.88. The molecule has 1 rings (SSSR count). The molecule has 0 aliphatic heterocycles. The van der Waals surface area contributed by atoms with Gasteiger partial charge in [0.15, 0.2) is 0 Å². The topological polar surface area (TPSA) is 55.1 Å². The van der Waals surface area contributed by atoms with Crippen molar-refractivity contribution in [3.63, 3.8) is 0 Å². The maximum atomic E-state index is 13.0. The molecule has 0 aliphatic rings. The molecule has 82 valence electrons. The highest BCUT2D eigenvalue weighted by molar-refractivity contribution is 5.78. The predicted molar refractivity (Wildman–Crippen MR) is 56.6 cm³/mol. The molecule has 0 saturated carbocycles. The molecule has 15 heavy (non-hydrogen) atoms. The van der Waals surface area contributed by atoms with Crippen LogP contribution in [-0.2, 0) is 10.3 Å². The van der Waals surface area contributed by atoms with Crippen LogP contribution in [0.3, 0.4) is 0 Å². The minimum Gasteiger partial charge on any atom is -0.346 e. The van der Waals surface area contributed by atoms with Crippen LogP contribution in [0.1, 0.15) is 19.4 Å². The molecule has 1 aromatic rings. The Morgan fingerprint density at radius 3 is 2.73 bits per heavy atom. The molecule has 1 amide bonds. The molecule has 3 N–H and O–H groups in total. The van der Waals surface area contributed by atoms with Crippen molar-refractivity contribution >= 4 is 5.91 Å². The Morgan fingerprint density at radius 2 is 2.20 bits per heavy atom. The maximum absolute atomic E-state index is 13.0. The van der Waals surface area contributed by atoms with Crippen molar-refractivity contribution in [3.05, 3.63) is 35.6 Å². The second-order valence-electron chi connectivity index (χ2n) is 3.89. The van der Waals surface area contributed by atoms with Gasteiger partial charge in [0, 0.05) is 0 Å². The lowest BCUT2D eigenvalue weighted by Gasteiger charge is -2.26. The number of amides is 1. The molecule has 0 saturated heterocycles. The van der Waals surface area contributed by atoms with Gasteiger partial charge in [-0.2, -0.15) is 0 Å². The van der Waals surface area contributed by atoms with E-state index in [0.29, 0.717) is 5.56 Å². The fourth-order valence-corrected chi connectivity index (χ4v) is 1.35. The summed E-state index contributed by atoms with van der Waals surface area (Å²) in [6.45, 7) is 3.53. The zero-order valence-corrected chi connectivity index (χ0v) is 8.88. The maximum Gasteiger partial charge on any atom is 0.234 e. The van der Waals surface area contributed by atoms with Gasteiger partial charge in [-0.1, -0.05) is 12.1 Å². The Labute approximate surface area is 88.5 Å². The molecule has 4 heteroatoms. The first-order chi connectivity index (χ1) is 6.95. The van der Waals surface area contributed by atoms with Crippen LogP contribution in [0.25, 0.3) is 0 Å². The molecule has 0 fully saturated rings. The first-order valence-corrected chi connectivity index (χ1v) is 4.73. The van der Waals surface area contributed by atoms with E-state index in [4.69, 9.17) is 5.73 Å². The molecular formula is C11H15FN2O. The number of rotatable bonds is 3. The standard InChI is InChI=1S/C11H15FN2O/c1-11(2,14-10(15)7-13)8-4-3-5-9(12)6-8/h3-6H,7,13H2,1-2H3,(H,14,15). The molecule has 0 aliphatic carbocycles. The monoisotopic (exact) mass is 210 g/mol. The van der Waals surface area contributed by atoms with Crippen LogP contribution >= 0.6 is 0 Å². The molecule has 3 nitrogen and oxygen atoms in total. The smallest absolute Gasteiger partial charge is 0.234 e. The average molecular weight is 210 g/mol. The van der Waals surface area contributed by atoms with Crippen LogP contribution in [0.4, 0.5) is 4.39 Å². The summed E-state index contributed by atoms with van der Waals surface area (Å²) < 4.78 is 13.0. The Hall–Kier alpha value is -1.42. The number of carbonyl (C=O) groups is 1. The Kier molecular flexibility index (Phi) is 3.42. The Morgan fingerprint density at radius 1 is 1.53 bits per heavy atom. The van der Waals surface area contributed by atoms with Gasteiger partial charge in [0.25, 0.3) is 0 Å². The first-order valence-electron chi connectivity index (χ1n) is 4.73. The number of hydrogen-bond donors (Lipinski definition) is 2. The highest BCUT2D eigenvalue weighted by atomic mass is 19.1. The van der Waals surface area contributed by atoms with Crippen LogP contribution in [0.15, 0.2) is 24.3 Å². The van der Waals surface area contributed by atoms with Crippen LogP contribution in [0, 0.1) is 5.82 Å². The number of benzene rings is 1. The van der Waals surface area contributed by atoms with Crippen LogP contribution in [-0.4, -0.2) is 12.5 Å². The van der Waals surface area contributed by atoms with E-state index < -0.39 is 5.54 Å². The number of nitrogens with one attached hydrogen (secondary N) is 1. The van der Waals surface area contributed by atoms with E-state index in [0.717, 1.165) is 0 Å². The second kappa shape index (κ2) is 4.40. The van der Waals surface area contributed by atoms with Gasteiger partial charge in [0.1, 0.15) is 5.82 Å². The number of halogens is 1. The summed E-state index contributed by atoms with van der Waals surface area (Å²) in [5.74, 6) is -0.577. The van der Waals surface area contributed by atoms with E-state index >= 15 is 0 Å². The van der Waals surface area contributed by atoms with Crippen molar-refractivity contribution in [2.45, 2.75) is 19.4 Å². The minimum atomic E-state index is -0.613. The summed E-state index contributed by atoms with van der Waals surface area (Å²) in [6.07, 6.45) is 0. The zero-order chi connectivity index (χ0) is 11.5. The Bertz CT molecular complexity index is 363. The van der Waals surface area contributed by atoms with Crippen molar-refractivity contribution in [3.8, 4) is 0 Å². The van der Waals surface area contributed by atoms with Gasteiger partial charge in [0.2, 0.25) is 5.91 Å². The van der Waals surface area contributed by atoms with Gasteiger partial charge < -0.3 is 11.1 Å². The minimum absolute atomic E-state index is 0.0707. The van der Waals surface area contributed by atoms with Crippen molar-refractivity contribution < 1.29 is 9.18 Å². The third kappa shape index (κ3) is 3.02. The summed E-state index contributed by atoms with van der Waals surface area (Å²) >= 11 is 0. The molecule has 0 aromatic heterocycles. The molecule has 0 atom stereocenters. The van der Waals surface area contributed by atoms with E-state index in [1.165, 1.54) is 12.1 Å². The summed E-state index contributed by atoms with van der Waals surface area (Å²) in [5.41, 5.74) is 5.30.